The van der Waals surface area contributed by atoms with Gasteiger partial charge in [-0.1, -0.05) is 24.4 Å². The summed E-state index contributed by atoms with van der Waals surface area (Å²) in [6.07, 6.45) is -0.713. The lowest BCUT2D eigenvalue weighted by molar-refractivity contribution is -0.139. The number of carbonyl (C=O) groups excluding carboxylic acids is 2. The highest BCUT2D eigenvalue weighted by atomic mass is 32.1. The van der Waals surface area contributed by atoms with Gasteiger partial charge < -0.3 is 20.1 Å². The van der Waals surface area contributed by atoms with E-state index in [0.29, 0.717) is 16.4 Å². The largest absolute Gasteiger partial charge is 0.469 e. The maximum atomic E-state index is 11.2. The topological polar surface area (TPSA) is 88.7 Å². The molecule has 1 amide bonds. The van der Waals surface area contributed by atoms with Crippen molar-refractivity contribution in [2.24, 2.45) is 0 Å². The predicted octanol–water partition coefficient (Wildman–Crippen LogP) is 2.04. The van der Waals surface area contributed by atoms with Gasteiger partial charge in [-0.15, -0.1) is 0 Å². The van der Waals surface area contributed by atoms with Crippen LogP contribution in [-0.4, -0.2) is 36.4 Å². The fourth-order valence-electron chi connectivity index (χ4n) is 1.40. The summed E-state index contributed by atoms with van der Waals surface area (Å²) in [6.45, 7) is 0. The maximum Gasteiger partial charge on any atom is 0.413 e. The SMILES string of the molecule is COC(=O)CC(=S)Nc1ccccc1NC(=S)NC(=O)OC. The van der Waals surface area contributed by atoms with Crippen molar-refractivity contribution in [2.45, 2.75) is 6.42 Å². The van der Waals surface area contributed by atoms with E-state index in [1.807, 2.05) is 0 Å². The predicted molar refractivity (Wildman–Crippen MR) is 91.1 cm³/mol. The van der Waals surface area contributed by atoms with Crippen LogP contribution in [0.25, 0.3) is 0 Å². The standard InChI is InChI=1S/C13H15N3O4S2/c1-19-11(17)7-10(21)14-8-5-3-4-6-9(8)15-12(22)16-13(18)20-2/h3-6H,7H2,1-2H3,(H,14,21)(H2,15,16,18,22). The van der Waals surface area contributed by atoms with Crippen LogP contribution in [-0.2, 0) is 14.3 Å². The van der Waals surface area contributed by atoms with Crippen molar-refractivity contribution in [1.82, 2.24) is 5.32 Å². The Morgan fingerprint density at radius 2 is 1.64 bits per heavy atom. The van der Waals surface area contributed by atoms with Crippen LogP contribution in [0.2, 0.25) is 0 Å². The number of nitrogens with one attached hydrogen (secondary N) is 3. The molecular weight excluding hydrogens is 326 g/mol. The van der Waals surface area contributed by atoms with E-state index in [-0.39, 0.29) is 11.5 Å². The van der Waals surface area contributed by atoms with Gasteiger partial charge in [0.15, 0.2) is 5.11 Å². The fraction of sp³-hybridized carbons (Fsp3) is 0.231. The number of hydrogen-bond donors (Lipinski definition) is 3. The molecule has 0 spiro atoms. The highest BCUT2D eigenvalue weighted by molar-refractivity contribution is 7.80. The quantitative estimate of drug-likeness (QED) is 0.566. The number of hydrogen-bond acceptors (Lipinski definition) is 6. The average molecular weight is 341 g/mol. The molecule has 1 aromatic rings. The van der Waals surface area contributed by atoms with Crippen molar-refractivity contribution in [3.8, 4) is 0 Å². The second-order valence-electron chi connectivity index (χ2n) is 3.92. The number of amides is 1. The summed E-state index contributed by atoms with van der Waals surface area (Å²) in [7, 11) is 2.52. The normalized spacial score (nSPS) is 9.36. The zero-order valence-corrected chi connectivity index (χ0v) is 13.6. The molecule has 0 fully saturated rings. The molecular formula is C13H15N3O4S2. The summed E-state index contributed by atoms with van der Waals surface area (Å²) >= 11 is 10.1. The van der Waals surface area contributed by atoms with Crippen LogP contribution in [0.15, 0.2) is 24.3 Å². The van der Waals surface area contributed by atoms with Crippen molar-refractivity contribution in [3.63, 3.8) is 0 Å². The molecule has 1 aromatic carbocycles. The lowest BCUT2D eigenvalue weighted by atomic mass is 10.2. The molecule has 0 aliphatic heterocycles. The Morgan fingerprint density at radius 3 is 2.18 bits per heavy atom. The average Bonchev–Trinajstić information content (AvgIpc) is 2.48. The molecule has 0 heterocycles. The first-order valence-electron chi connectivity index (χ1n) is 6.08. The third-order valence-electron chi connectivity index (χ3n) is 2.38. The smallest absolute Gasteiger partial charge is 0.413 e. The Bertz CT molecular complexity index is 541. The van der Waals surface area contributed by atoms with Crippen molar-refractivity contribution in [1.29, 1.82) is 0 Å². The Balaban J connectivity index is 2.73. The van der Waals surface area contributed by atoms with Crippen LogP contribution in [0.1, 0.15) is 6.42 Å². The minimum Gasteiger partial charge on any atom is -0.469 e. The molecule has 0 aliphatic carbocycles. The first-order valence-corrected chi connectivity index (χ1v) is 6.89. The molecule has 0 unspecified atom stereocenters. The summed E-state index contributed by atoms with van der Waals surface area (Å²) in [4.78, 5) is 22.6. The molecule has 0 aromatic heterocycles. The van der Waals surface area contributed by atoms with Crippen LogP contribution in [0, 0.1) is 0 Å². The van der Waals surface area contributed by atoms with Gasteiger partial charge in [-0.25, -0.2) is 4.79 Å². The minimum absolute atomic E-state index is 0.0367. The van der Waals surface area contributed by atoms with E-state index in [1.165, 1.54) is 14.2 Å². The molecule has 0 saturated heterocycles. The number of alkyl carbamates (subject to hydrolysis) is 1. The molecule has 0 saturated carbocycles. The monoisotopic (exact) mass is 341 g/mol. The van der Waals surface area contributed by atoms with Gasteiger partial charge in [0.05, 0.1) is 37.0 Å². The number of para-hydroxylation sites is 2. The third-order valence-corrected chi connectivity index (χ3v) is 2.83. The third kappa shape index (κ3) is 6.02. The summed E-state index contributed by atoms with van der Waals surface area (Å²) in [6, 6.07) is 7.03. The number of benzene rings is 1. The van der Waals surface area contributed by atoms with E-state index in [4.69, 9.17) is 24.4 Å². The Morgan fingerprint density at radius 1 is 1.05 bits per heavy atom. The second-order valence-corrected chi connectivity index (χ2v) is 4.82. The number of rotatable bonds is 4. The zero-order chi connectivity index (χ0) is 16.5. The van der Waals surface area contributed by atoms with Crippen molar-refractivity contribution in [3.05, 3.63) is 24.3 Å². The lowest BCUT2D eigenvalue weighted by Crippen LogP contribution is -2.34. The molecule has 0 aliphatic rings. The highest BCUT2D eigenvalue weighted by Crippen LogP contribution is 2.21. The van der Waals surface area contributed by atoms with Gasteiger partial charge in [0.25, 0.3) is 0 Å². The Labute approximate surface area is 138 Å². The highest BCUT2D eigenvalue weighted by Gasteiger charge is 2.10. The summed E-state index contributed by atoms with van der Waals surface area (Å²) in [5, 5.41) is 8.14. The molecule has 118 valence electrons. The number of anilines is 2. The zero-order valence-electron chi connectivity index (χ0n) is 12.0. The lowest BCUT2D eigenvalue weighted by Gasteiger charge is -2.14. The molecule has 0 bridgehead atoms. The second kappa shape index (κ2) is 8.90. The maximum absolute atomic E-state index is 11.2. The van der Waals surface area contributed by atoms with Gasteiger partial charge in [-0.05, 0) is 24.4 Å². The molecule has 7 nitrogen and oxygen atoms in total. The molecule has 0 radical (unpaired) electrons. The van der Waals surface area contributed by atoms with Crippen LogP contribution in [0.5, 0.6) is 0 Å². The first-order chi connectivity index (χ1) is 10.5. The van der Waals surface area contributed by atoms with E-state index in [9.17, 15) is 9.59 Å². The van der Waals surface area contributed by atoms with E-state index in [1.54, 1.807) is 24.3 Å². The number of esters is 1. The van der Waals surface area contributed by atoms with Crippen molar-refractivity contribution < 1.29 is 19.1 Å². The number of methoxy groups -OCH3 is 2. The van der Waals surface area contributed by atoms with Gasteiger partial charge in [-0.3, -0.25) is 10.1 Å². The summed E-state index contributed by atoms with van der Waals surface area (Å²) in [5.41, 5.74) is 1.18. The molecule has 22 heavy (non-hydrogen) atoms. The van der Waals surface area contributed by atoms with Crippen LogP contribution >= 0.6 is 24.4 Å². The number of thiocarbonyl (C=S) groups is 2. The van der Waals surface area contributed by atoms with E-state index in [2.05, 4.69) is 25.4 Å². The molecule has 3 N–H and O–H groups in total. The van der Waals surface area contributed by atoms with Gasteiger partial charge in [0.1, 0.15) is 0 Å². The number of ether oxygens (including phenoxy) is 2. The van der Waals surface area contributed by atoms with Crippen LogP contribution < -0.4 is 16.0 Å². The fourth-order valence-corrected chi connectivity index (χ4v) is 1.82. The Hall–Kier alpha value is -2.26. The summed E-state index contributed by atoms with van der Waals surface area (Å²) < 4.78 is 8.99. The minimum atomic E-state index is -0.677. The number of carbonyl (C=O) groups is 2. The van der Waals surface area contributed by atoms with E-state index < -0.39 is 12.1 Å². The Kier molecular flexibility index (Phi) is 7.20. The van der Waals surface area contributed by atoms with Crippen molar-refractivity contribution >= 4 is 58.0 Å². The van der Waals surface area contributed by atoms with Crippen molar-refractivity contribution in [2.75, 3.05) is 24.9 Å². The molecule has 0 atom stereocenters. The molecule has 9 heteroatoms. The van der Waals surface area contributed by atoms with Gasteiger partial charge in [-0.2, -0.15) is 0 Å². The van der Waals surface area contributed by atoms with Gasteiger partial charge in [0.2, 0.25) is 0 Å². The van der Waals surface area contributed by atoms with E-state index in [0.717, 1.165) is 0 Å². The first kappa shape index (κ1) is 17.8. The van der Waals surface area contributed by atoms with Crippen LogP contribution in [0.3, 0.4) is 0 Å². The van der Waals surface area contributed by atoms with Crippen LogP contribution in [0.4, 0.5) is 16.2 Å². The molecule has 1 rings (SSSR count). The van der Waals surface area contributed by atoms with Gasteiger partial charge >= 0.3 is 12.1 Å². The van der Waals surface area contributed by atoms with E-state index >= 15 is 0 Å². The van der Waals surface area contributed by atoms with Gasteiger partial charge in [0, 0.05) is 0 Å². The summed E-state index contributed by atoms with van der Waals surface area (Å²) in [5.74, 6) is -0.439.